The summed E-state index contributed by atoms with van der Waals surface area (Å²) in [5.41, 5.74) is 0.573. The monoisotopic (exact) mass is 245 g/mol. The fraction of sp³-hybridized carbons (Fsp3) is 0.0909. The number of benzene rings is 1. The number of aromatic nitrogens is 5. The minimum absolute atomic E-state index is 0.336. The third kappa shape index (κ3) is 2.10. The molecule has 0 bridgehead atoms. The zero-order valence-corrected chi connectivity index (χ0v) is 9.19. The van der Waals surface area contributed by atoms with Gasteiger partial charge < -0.3 is 4.52 Å². The van der Waals surface area contributed by atoms with E-state index >= 15 is 0 Å². The van der Waals surface area contributed by atoms with Crippen molar-refractivity contribution in [2.75, 3.05) is 0 Å². The average molecular weight is 245 g/mol. The molecule has 0 amide bonds. The SMILES string of the molecule is Fc1cccc(-c2noc(Cn3cncn3)n2)c1. The van der Waals surface area contributed by atoms with Crippen LogP contribution in [0.4, 0.5) is 4.39 Å². The van der Waals surface area contributed by atoms with Crippen LogP contribution in [0.2, 0.25) is 0 Å². The van der Waals surface area contributed by atoms with Crippen molar-refractivity contribution in [1.82, 2.24) is 24.9 Å². The maximum Gasteiger partial charge on any atom is 0.248 e. The van der Waals surface area contributed by atoms with Crippen molar-refractivity contribution >= 4 is 0 Å². The summed E-state index contributed by atoms with van der Waals surface area (Å²) in [4.78, 5) is 7.97. The molecule has 0 saturated heterocycles. The summed E-state index contributed by atoms with van der Waals surface area (Å²) in [5, 5.41) is 7.72. The molecule has 2 heterocycles. The quantitative estimate of drug-likeness (QED) is 0.699. The lowest BCUT2D eigenvalue weighted by atomic mass is 10.2. The predicted molar refractivity (Wildman–Crippen MR) is 58.8 cm³/mol. The summed E-state index contributed by atoms with van der Waals surface area (Å²) >= 11 is 0. The molecule has 90 valence electrons. The number of halogens is 1. The van der Waals surface area contributed by atoms with Gasteiger partial charge in [0.15, 0.2) is 0 Å². The Morgan fingerprint density at radius 1 is 1.33 bits per heavy atom. The molecule has 3 rings (SSSR count). The highest BCUT2D eigenvalue weighted by Crippen LogP contribution is 2.16. The molecule has 0 aliphatic heterocycles. The molecule has 1 aromatic carbocycles. The zero-order valence-electron chi connectivity index (χ0n) is 9.19. The summed E-state index contributed by atoms with van der Waals surface area (Å²) in [7, 11) is 0. The Morgan fingerprint density at radius 2 is 2.28 bits per heavy atom. The Kier molecular flexibility index (Phi) is 2.56. The second-order valence-corrected chi connectivity index (χ2v) is 3.62. The molecule has 0 unspecified atom stereocenters. The topological polar surface area (TPSA) is 69.6 Å². The van der Waals surface area contributed by atoms with E-state index in [2.05, 4.69) is 20.2 Å². The molecule has 0 radical (unpaired) electrons. The molecular weight excluding hydrogens is 237 g/mol. The normalized spacial score (nSPS) is 10.7. The predicted octanol–water partition coefficient (Wildman–Crippen LogP) is 1.52. The van der Waals surface area contributed by atoms with E-state index in [0.29, 0.717) is 23.8 Å². The number of rotatable bonds is 3. The van der Waals surface area contributed by atoms with Crippen LogP contribution >= 0.6 is 0 Å². The van der Waals surface area contributed by atoms with Crippen molar-refractivity contribution in [3.8, 4) is 11.4 Å². The summed E-state index contributed by atoms with van der Waals surface area (Å²) in [6, 6.07) is 6.02. The van der Waals surface area contributed by atoms with Crippen LogP contribution in [0.3, 0.4) is 0 Å². The number of nitrogens with zero attached hydrogens (tertiary/aromatic N) is 5. The molecule has 0 fully saturated rings. The molecule has 0 saturated carbocycles. The van der Waals surface area contributed by atoms with E-state index in [9.17, 15) is 4.39 Å². The third-order valence-corrected chi connectivity index (χ3v) is 2.31. The first-order valence-corrected chi connectivity index (χ1v) is 5.22. The maximum absolute atomic E-state index is 13.1. The molecule has 0 atom stereocenters. The van der Waals surface area contributed by atoms with Crippen molar-refractivity contribution in [2.45, 2.75) is 6.54 Å². The Labute approximate surface area is 101 Å². The lowest BCUT2D eigenvalue weighted by Gasteiger charge is -1.93. The van der Waals surface area contributed by atoms with Crippen LogP contribution in [0.15, 0.2) is 41.4 Å². The maximum atomic E-state index is 13.1. The van der Waals surface area contributed by atoms with Gasteiger partial charge in [-0.25, -0.2) is 14.1 Å². The van der Waals surface area contributed by atoms with E-state index < -0.39 is 0 Å². The summed E-state index contributed by atoms with van der Waals surface area (Å²) in [6.07, 6.45) is 2.97. The molecule has 18 heavy (non-hydrogen) atoms. The Balaban J connectivity index is 1.85. The van der Waals surface area contributed by atoms with Gasteiger partial charge >= 0.3 is 0 Å². The van der Waals surface area contributed by atoms with Gasteiger partial charge in [0.25, 0.3) is 0 Å². The highest BCUT2D eigenvalue weighted by molar-refractivity contribution is 5.53. The first kappa shape index (κ1) is 10.6. The molecule has 0 aliphatic rings. The van der Waals surface area contributed by atoms with Crippen LogP contribution in [-0.4, -0.2) is 24.9 Å². The Bertz CT molecular complexity index is 649. The smallest absolute Gasteiger partial charge is 0.248 e. The van der Waals surface area contributed by atoms with Crippen LogP contribution in [0.1, 0.15) is 5.89 Å². The molecule has 3 aromatic rings. The van der Waals surface area contributed by atoms with Gasteiger partial charge in [0.2, 0.25) is 11.7 Å². The van der Waals surface area contributed by atoms with E-state index in [-0.39, 0.29) is 5.82 Å². The summed E-state index contributed by atoms with van der Waals surface area (Å²) < 4.78 is 19.7. The van der Waals surface area contributed by atoms with Crippen molar-refractivity contribution in [3.63, 3.8) is 0 Å². The van der Waals surface area contributed by atoms with Crippen molar-refractivity contribution in [3.05, 3.63) is 48.6 Å². The highest BCUT2D eigenvalue weighted by Gasteiger charge is 2.09. The van der Waals surface area contributed by atoms with Gasteiger partial charge in [-0.15, -0.1) is 0 Å². The minimum Gasteiger partial charge on any atom is -0.337 e. The van der Waals surface area contributed by atoms with Gasteiger partial charge in [-0.3, -0.25) is 0 Å². The fourth-order valence-corrected chi connectivity index (χ4v) is 1.52. The van der Waals surface area contributed by atoms with Gasteiger partial charge in [-0.1, -0.05) is 17.3 Å². The third-order valence-electron chi connectivity index (χ3n) is 2.31. The van der Waals surface area contributed by atoms with Crippen LogP contribution in [0, 0.1) is 5.82 Å². The van der Waals surface area contributed by atoms with Crippen molar-refractivity contribution < 1.29 is 8.91 Å². The van der Waals surface area contributed by atoms with E-state index in [0.717, 1.165) is 0 Å². The molecule has 7 heteroatoms. The van der Waals surface area contributed by atoms with Gasteiger partial charge in [0.1, 0.15) is 25.0 Å². The fourth-order valence-electron chi connectivity index (χ4n) is 1.52. The van der Waals surface area contributed by atoms with Crippen LogP contribution in [0.5, 0.6) is 0 Å². The van der Waals surface area contributed by atoms with Crippen LogP contribution < -0.4 is 0 Å². The van der Waals surface area contributed by atoms with E-state index in [4.69, 9.17) is 4.52 Å². The molecule has 0 aliphatic carbocycles. The molecule has 2 aromatic heterocycles. The first-order valence-electron chi connectivity index (χ1n) is 5.22. The highest BCUT2D eigenvalue weighted by atomic mass is 19.1. The number of hydrogen-bond donors (Lipinski definition) is 0. The Morgan fingerprint density at radius 3 is 3.06 bits per heavy atom. The van der Waals surface area contributed by atoms with Gasteiger partial charge in [-0.2, -0.15) is 10.1 Å². The zero-order chi connectivity index (χ0) is 12.4. The van der Waals surface area contributed by atoms with Gasteiger partial charge in [0, 0.05) is 5.56 Å². The molecule has 0 N–H and O–H groups in total. The minimum atomic E-state index is -0.338. The Hall–Kier alpha value is -2.57. The summed E-state index contributed by atoms with van der Waals surface area (Å²) in [6.45, 7) is 0.336. The van der Waals surface area contributed by atoms with Gasteiger partial charge in [0.05, 0.1) is 0 Å². The van der Waals surface area contributed by atoms with Crippen molar-refractivity contribution in [1.29, 1.82) is 0 Å². The standard InChI is InChI=1S/C11H8FN5O/c12-9-3-1-2-8(4-9)11-15-10(18-16-11)5-17-7-13-6-14-17/h1-4,6-7H,5H2. The summed E-state index contributed by atoms with van der Waals surface area (Å²) in [5.74, 6) is 0.402. The van der Waals surface area contributed by atoms with Crippen LogP contribution in [0.25, 0.3) is 11.4 Å². The lowest BCUT2D eigenvalue weighted by Crippen LogP contribution is -1.99. The van der Waals surface area contributed by atoms with E-state index in [1.165, 1.54) is 18.5 Å². The molecule has 0 spiro atoms. The molecular formula is C11H8FN5O. The second kappa shape index (κ2) is 4.36. The molecule has 6 nitrogen and oxygen atoms in total. The first-order chi connectivity index (χ1) is 8.81. The van der Waals surface area contributed by atoms with E-state index in [1.54, 1.807) is 23.1 Å². The lowest BCUT2D eigenvalue weighted by molar-refractivity contribution is 0.366. The van der Waals surface area contributed by atoms with E-state index in [1.807, 2.05) is 0 Å². The largest absolute Gasteiger partial charge is 0.337 e. The van der Waals surface area contributed by atoms with Gasteiger partial charge in [-0.05, 0) is 12.1 Å². The van der Waals surface area contributed by atoms with Crippen molar-refractivity contribution in [2.24, 2.45) is 0 Å². The number of hydrogen-bond acceptors (Lipinski definition) is 5. The second-order valence-electron chi connectivity index (χ2n) is 3.62. The van der Waals surface area contributed by atoms with Crippen LogP contribution in [-0.2, 0) is 6.54 Å². The average Bonchev–Trinajstić information content (AvgIpc) is 3.01.